The first-order valence-electron chi connectivity index (χ1n) is 15.6. The first kappa shape index (κ1) is 33.5. The molecular weight excluding hydrogens is 626 g/mol. The molecule has 0 aromatic heterocycles. The summed E-state index contributed by atoms with van der Waals surface area (Å²) >= 11 is 0. The lowest BCUT2D eigenvalue weighted by atomic mass is 9.90. The molecule has 2 aliphatic heterocycles. The van der Waals surface area contributed by atoms with Crippen molar-refractivity contribution in [2.45, 2.75) is 61.5 Å². The van der Waals surface area contributed by atoms with E-state index in [1.54, 1.807) is 42.5 Å². The number of halogens is 2. The van der Waals surface area contributed by atoms with Crippen molar-refractivity contribution >= 4 is 11.7 Å². The number of anilines is 1. The van der Waals surface area contributed by atoms with Crippen LogP contribution in [0, 0.1) is 11.6 Å². The highest BCUT2D eigenvalue weighted by Crippen LogP contribution is 2.42. The van der Waals surface area contributed by atoms with Crippen molar-refractivity contribution in [1.29, 1.82) is 0 Å². The topological polar surface area (TPSA) is 163 Å². The number of aromatic hydroxyl groups is 1. The molecule has 0 bridgehead atoms. The number of nitrogens with zero attached hydrogens (tertiary/aromatic N) is 1. The van der Waals surface area contributed by atoms with Crippen LogP contribution in [-0.2, 0) is 4.74 Å². The Hall–Kier alpha value is -4.43. The second-order valence-corrected chi connectivity index (χ2v) is 12.1. The number of phenolic OH excluding ortho intramolecular Hbond substituents is 1. The number of ether oxygens (including phenoxy) is 1. The van der Waals surface area contributed by atoms with Crippen LogP contribution in [0.2, 0.25) is 0 Å². The van der Waals surface area contributed by atoms with Gasteiger partial charge in [0.1, 0.15) is 47.9 Å². The molecule has 0 aliphatic carbocycles. The van der Waals surface area contributed by atoms with E-state index in [-0.39, 0.29) is 12.2 Å². The number of phenols is 1. The van der Waals surface area contributed by atoms with Gasteiger partial charge in [-0.3, -0.25) is 4.90 Å². The van der Waals surface area contributed by atoms with E-state index in [0.29, 0.717) is 39.9 Å². The monoisotopic (exact) mass is 662 g/mol. The van der Waals surface area contributed by atoms with Crippen LogP contribution in [0.25, 0.3) is 11.1 Å². The zero-order valence-electron chi connectivity index (χ0n) is 25.6. The maximum atomic E-state index is 13.8. The summed E-state index contributed by atoms with van der Waals surface area (Å²) in [6.45, 7) is -0.540. The normalized spacial score (nSPS) is 26.4. The number of hydrogen-bond acceptors (Lipinski definition) is 8. The molecule has 2 aliphatic rings. The van der Waals surface area contributed by atoms with Crippen LogP contribution in [-0.4, -0.2) is 73.7 Å². The number of nitrogens with one attached hydrogen (secondary N) is 1. The molecular formula is C36H36F2N2O8. The zero-order valence-corrected chi connectivity index (χ0v) is 25.6. The molecule has 6 rings (SSSR count). The molecule has 1 unspecified atom stereocenters. The number of benzene rings is 4. The van der Waals surface area contributed by atoms with E-state index in [4.69, 9.17) is 4.74 Å². The SMILES string of the molecule is O=C1N[C@H](CC[C@H](O)c2ccc(F)cc2)[C@@H](c2ccc(-c3ccc(C4O[C@H](CO)[C@@H](O)[C@H](O)[C@H]4O)cc3)cc2O)N1c1ccc(F)cc1. The Labute approximate surface area is 275 Å². The highest BCUT2D eigenvalue weighted by atomic mass is 19.1. The molecule has 0 spiro atoms. The fraction of sp³-hybridized carbons (Fsp3) is 0.306. The third-order valence-corrected chi connectivity index (χ3v) is 9.11. The van der Waals surface area contributed by atoms with Gasteiger partial charge < -0.3 is 40.7 Å². The molecule has 2 heterocycles. The third-order valence-electron chi connectivity index (χ3n) is 9.11. The lowest BCUT2D eigenvalue weighted by molar-refractivity contribution is -0.231. The summed E-state index contributed by atoms with van der Waals surface area (Å²) in [4.78, 5) is 14.8. The quantitative estimate of drug-likeness (QED) is 0.142. The Bertz CT molecular complexity index is 1720. The van der Waals surface area contributed by atoms with Gasteiger partial charge in [0.25, 0.3) is 0 Å². The zero-order chi connectivity index (χ0) is 34.1. The summed E-state index contributed by atoms with van der Waals surface area (Å²) in [7, 11) is 0. The Balaban J connectivity index is 1.26. The van der Waals surface area contributed by atoms with E-state index in [1.165, 1.54) is 53.4 Å². The maximum absolute atomic E-state index is 13.8. The molecule has 48 heavy (non-hydrogen) atoms. The highest BCUT2D eigenvalue weighted by Gasteiger charge is 2.44. The van der Waals surface area contributed by atoms with Crippen molar-refractivity contribution in [1.82, 2.24) is 5.32 Å². The predicted molar refractivity (Wildman–Crippen MR) is 171 cm³/mol. The van der Waals surface area contributed by atoms with Crippen molar-refractivity contribution in [2.24, 2.45) is 0 Å². The summed E-state index contributed by atoms with van der Waals surface area (Å²) in [5, 5.41) is 65.4. The summed E-state index contributed by atoms with van der Waals surface area (Å²) in [6.07, 6.45) is -6.83. The number of hydrogen-bond donors (Lipinski definition) is 7. The van der Waals surface area contributed by atoms with Gasteiger partial charge in [0, 0.05) is 11.3 Å². The molecule has 7 N–H and O–H groups in total. The summed E-state index contributed by atoms with van der Waals surface area (Å²) in [5.74, 6) is -1.01. The summed E-state index contributed by atoms with van der Waals surface area (Å²) in [5.41, 5.74) is 3.18. The van der Waals surface area contributed by atoms with Crippen molar-refractivity contribution in [3.8, 4) is 16.9 Å². The van der Waals surface area contributed by atoms with E-state index in [0.717, 1.165) is 0 Å². The molecule has 4 aromatic rings. The maximum Gasteiger partial charge on any atom is 0.322 e. The lowest BCUT2D eigenvalue weighted by Crippen LogP contribution is -2.55. The standard InChI is InChI=1S/C36H36F2N2O8/c37-23-8-5-20(6-9-23)28(42)16-15-27-31(40(36(47)39-27)25-12-10-24(38)11-13-25)26-14-7-22(17-29(26)43)19-1-3-21(4-2-19)35-34(46)33(45)32(44)30(18-41)48-35/h1-14,17,27-28,30-35,41-46H,15-16,18H2,(H,39,47)/t27-,28+,30-,31-,32-,33+,34-,35?/m1/s1. The fourth-order valence-corrected chi connectivity index (χ4v) is 6.48. The Morgan fingerprint density at radius 1 is 0.812 bits per heavy atom. The van der Waals surface area contributed by atoms with Crippen LogP contribution in [0.3, 0.4) is 0 Å². The highest BCUT2D eigenvalue weighted by molar-refractivity contribution is 5.96. The number of rotatable bonds is 9. The first-order chi connectivity index (χ1) is 23.0. The lowest BCUT2D eigenvalue weighted by Gasteiger charge is -2.40. The largest absolute Gasteiger partial charge is 0.508 e. The van der Waals surface area contributed by atoms with Crippen LogP contribution in [0.15, 0.2) is 91.0 Å². The predicted octanol–water partition coefficient (Wildman–Crippen LogP) is 4.01. The fourth-order valence-electron chi connectivity index (χ4n) is 6.48. The van der Waals surface area contributed by atoms with Crippen LogP contribution < -0.4 is 10.2 Å². The molecule has 2 fully saturated rings. The molecule has 4 aromatic carbocycles. The number of urea groups is 1. The molecule has 0 radical (unpaired) electrons. The van der Waals surface area contributed by atoms with Gasteiger partial charge in [0.15, 0.2) is 0 Å². The molecule has 8 atom stereocenters. The number of aliphatic hydroxyl groups is 5. The second kappa shape index (κ2) is 14.0. The van der Waals surface area contributed by atoms with Gasteiger partial charge in [-0.1, -0.05) is 48.5 Å². The van der Waals surface area contributed by atoms with Gasteiger partial charge in [-0.2, -0.15) is 0 Å². The van der Waals surface area contributed by atoms with Gasteiger partial charge in [-0.25, -0.2) is 13.6 Å². The van der Waals surface area contributed by atoms with Gasteiger partial charge >= 0.3 is 6.03 Å². The third kappa shape index (κ3) is 6.63. The molecule has 2 amide bonds. The number of amides is 2. The van der Waals surface area contributed by atoms with Crippen molar-refractivity contribution in [3.63, 3.8) is 0 Å². The number of aliphatic hydroxyl groups excluding tert-OH is 5. The van der Waals surface area contributed by atoms with E-state index < -0.39 is 73.0 Å². The average Bonchev–Trinajstić information content (AvgIpc) is 3.42. The summed E-state index contributed by atoms with van der Waals surface area (Å²) in [6, 6.07) is 21.0. The van der Waals surface area contributed by atoms with Crippen LogP contribution in [0.1, 0.15) is 47.8 Å². The molecule has 252 valence electrons. The minimum Gasteiger partial charge on any atom is -0.508 e. The molecule has 12 heteroatoms. The van der Waals surface area contributed by atoms with E-state index in [2.05, 4.69) is 5.32 Å². The Kier molecular flexibility index (Phi) is 9.74. The number of carbonyl (C=O) groups excluding carboxylic acids is 1. The Morgan fingerprint density at radius 2 is 1.44 bits per heavy atom. The summed E-state index contributed by atoms with van der Waals surface area (Å²) < 4.78 is 32.8. The van der Waals surface area contributed by atoms with Crippen LogP contribution >= 0.6 is 0 Å². The van der Waals surface area contributed by atoms with Crippen LogP contribution in [0.4, 0.5) is 19.3 Å². The number of carbonyl (C=O) groups is 1. The van der Waals surface area contributed by atoms with Gasteiger partial charge in [-0.15, -0.1) is 0 Å². The van der Waals surface area contributed by atoms with Crippen LogP contribution in [0.5, 0.6) is 5.75 Å². The molecule has 2 saturated heterocycles. The van der Waals surface area contributed by atoms with Gasteiger partial charge in [0.05, 0.1) is 24.8 Å². The van der Waals surface area contributed by atoms with Gasteiger partial charge in [-0.05, 0) is 77.6 Å². The molecule has 0 saturated carbocycles. The Morgan fingerprint density at radius 3 is 2.06 bits per heavy atom. The molecule has 10 nitrogen and oxygen atoms in total. The minimum absolute atomic E-state index is 0.108. The van der Waals surface area contributed by atoms with Crippen molar-refractivity contribution in [2.75, 3.05) is 11.5 Å². The van der Waals surface area contributed by atoms with Crippen molar-refractivity contribution < 1.29 is 49.0 Å². The van der Waals surface area contributed by atoms with Crippen molar-refractivity contribution in [3.05, 3.63) is 119 Å². The average molecular weight is 663 g/mol. The second-order valence-electron chi connectivity index (χ2n) is 12.1. The minimum atomic E-state index is -1.51. The van der Waals surface area contributed by atoms with E-state index in [9.17, 15) is 44.2 Å². The van der Waals surface area contributed by atoms with Gasteiger partial charge in [0.2, 0.25) is 0 Å². The smallest absolute Gasteiger partial charge is 0.322 e. The van der Waals surface area contributed by atoms with E-state index in [1.807, 2.05) is 0 Å². The van der Waals surface area contributed by atoms with E-state index >= 15 is 0 Å². The first-order valence-corrected chi connectivity index (χ1v) is 15.6.